The Morgan fingerprint density at radius 1 is 1.29 bits per heavy atom. The van der Waals surface area contributed by atoms with E-state index in [0.29, 0.717) is 36.3 Å². The van der Waals surface area contributed by atoms with Gasteiger partial charge in [0, 0.05) is 31.0 Å². The van der Waals surface area contributed by atoms with Crippen LogP contribution in [0.1, 0.15) is 35.3 Å². The van der Waals surface area contributed by atoms with Crippen LogP contribution in [-0.4, -0.2) is 34.8 Å². The number of aromatic nitrogens is 1. The molecule has 2 N–H and O–H groups in total. The minimum absolute atomic E-state index is 0.0660. The van der Waals surface area contributed by atoms with Crippen molar-refractivity contribution in [2.75, 3.05) is 13.1 Å². The standard InChI is InChI=1S/C18H20FN3O2/c1-11-15(9-13-2-3-14(19)10-16(13)21-11)18(24)22-6-4-12(5-7-22)8-17(20)23/h2-3,9-10,12H,4-8H2,1H3,(H2,20,23). The van der Waals surface area contributed by atoms with Crippen molar-refractivity contribution in [2.24, 2.45) is 11.7 Å². The predicted octanol–water partition coefficient (Wildman–Crippen LogP) is 2.41. The Labute approximate surface area is 139 Å². The van der Waals surface area contributed by atoms with Gasteiger partial charge in [0.05, 0.1) is 16.8 Å². The molecule has 0 unspecified atom stereocenters. The first-order valence-electron chi connectivity index (χ1n) is 8.08. The normalized spacial score (nSPS) is 15.7. The zero-order valence-corrected chi connectivity index (χ0v) is 13.6. The lowest BCUT2D eigenvalue weighted by Gasteiger charge is -2.31. The van der Waals surface area contributed by atoms with Gasteiger partial charge in [0.25, 0.3) is 5.91 Å². The average molecular weight is 329 g/mol. The van der Waals surface area contributed by atoms with Crippen molar-refractivity contribution >= 4 is 22.7 Å². The molecule has 0 bridgehead atoms. The van der Waals surface area contributed by atoms with Gasteiger partial charge in [-0.1, -0.05) is 0 Å². The fraction of sp³-hybridized carbons (Fsp3) is 0.389. The average Bonchev–Trinajstić information content (AvgIpc) is 2.53. The first-order valence-corrected chi connectivity index (χ1v) is 8.08. The van der Waals surface area contributed by atoms with Crippen molar-refractivity contribution in [3.63, 3.8) is 0 Å². The van der Waals surface area contributed by atoms with E-state index in [2.05, 4.69) is 4.98 Å². The molecule has 1 aromatic heterocycles. The molecule has 1 saturated heterocycles. The Balaban J connectivity index is 1.78. The number of nitrogens with two attached hydrogens (primary N) is 1. The highest BCUT2D eigenvalue weighted by Crippen LogP contribution is 2.24. The molecule has 1 aliphatic heterocycles. The van der Waals surface area contributed by atoms with Crippen LogP contribution >= 0.6 is 0 Å². The molecule has 0 radical (unpaired) electrons. The number of piperidine rings is 1. The third kappa shape index (κ3) is 3.37. The van der Waals surface area contributed by atoms with Gasteiger partial charge >= 0.3 is 0 Å². The summed E-state index contributed by atoms with van der Waals surface area (Å²) in [6.45, 7) is 2.98. The zero-order valence-electron chi connectivity index (χ0n) is 13.6. The molecular formula is C18H20FN3O2. The number of pyridine rings is 1. The number of carbonyl (C=O) groups excluding carboxylic acids is 2. The summed E-state index contributed by atoms with van der Waals surface area (Å²) < 4.78 is 13.3. The van der Waals surface area contributed by atoms with Gasteiger partial charge in [-0.25, -0.2) is 4.39 Å². The molecule has 2 amide bonds. The quantitative estimate of drug-likeness (QED) is 0.939. The minimum Gasteiger partial charge on any atom is -0.370 e. The van der Waals surface area contributed by atoms with E-state index in [1.807, 2.05) is 0 Å². The monoisotopic (exact) mass is 329 g/mol. The molecule has 2 aromatic rings. The minimum atomic E-state index is -0.343. The summed E-state index contributed by atoms with van der Waals surface area (Å²) in [5.74, 6) is -0.444. The van der Waals surface area contributed by atoms with E-state index >= 15 is 0 Å². The van der Waals surface area contributed by atoms with E-state index in [0.717, 1.165) is 18.2 Å². The summed E-state index contributed by atoms with van der Waals surface area (Å²) in [6.07, 6.45) is 1.93. The molecule has 3 rings (SSSR count). The van der Waals surface area contributed by atoms with Crippen LogP contribution in [0.4, 0.5) is 4.39 Å². The molecule has 0 atom stereocenters. The van der Waals surface area contributed by atoms with E-state index in [9.17, 15) is 14.0 Å². The van der Waals surface area contributed by atoms with E-state index in [1.165, 1.54) is 12.1 Å². The van der Waals surface area contributed by atoms with Gasteiger partial charge in [-0.15, -0.1) is 0 Å². The van der Waals surface area contributed by atoms with Crippen molar-refractivity contribution in [2.45, 2.75) is 26.2 Å². The number of halogens is 1. The van der Waals surface area contributed by atoms with Crippen molar-refractivity contribution in [3.8, 4) is 0 Å². The Kier molecular flexibility index (Phi) is 4.46. The number of hydrogen-bond acceptors (Lipinski definition) is 3. The second-order valence-electron chi connectivity index (χ2n) is 6.36. The van der Waals surface area contributed by atoms with Crippen molar-refractivity contribution in [1.82, 2.24) is 9.88 Å². The van der Waals surface area contributed by atoms with Crippen LogP contribution < -0.4 is 5.73 Å². The molecule has 1 aliphatic rings. The summed E-state index contributed by atoms with van der Waals surface area (Å²) in [4.78, 5) is 29.9. The molecule has 2 heterocycles. The SMILES string of the molecule is Cc1nc2cc(F)ccc2cc1C(=O)N1CCC(CC(N)=O)CC1. The van der Waals surface area contributed by atoms with Gasteiger partial charge < -0.3 is 10.6 Å². The van der Waals surface area contributed by atoms with Gasteiger partial charge in [0.1, 0.15) is 5.82 Å². The molecular weight excluding hydrogens is 309 g/mol. The van der Waals surface area contributed by atoms with Crippen LogP contribution in [-0.2, 0) is 4.79 Å². The maximum atomic E-state index is 13.3. The molecule has 24 heavy (non-hydrogen) atoms. The molecule has 0 spiro atoms. The summed E-state index contributed by atoms with van der Waals surface area (Å²) >= 11 is 0. The van der Waals surface area contributed by atoms with Crippen molar-refractivity contribution < 1.29 is 14.0 Å². The third-order valence-corrected chi connectivity index (χ3v) is 4.59. The van der Waals surface area contributed by atoms with E-state index in [-0.39, 0.29) is 23.5 Å². The number of hydrogen-bond donors (Lipinski definition) is 1. The Morgan fingerprint density at radius 2 is 2.00 bits per heavy atom. The Hall–Kier alpha value is -2.50. The predicted molar refractivity (Wildman–Crippen MR) is 88.9 cm³/mol. The largest absolute Gasteiger partial charge is 0.370 e. The number of aryl methyl sites for hydroxylation is 1. The number of fused-ring (bicyclic) bond motifs is 1. The molecule has 5 nitrogen and oxygen atoms in total. The third-order valence-electron chi connectivity index (χ3n) is 4.59. The first kappa shape index (κ1) is 16.4. The fourth-order valence-electron chi connectivity index (χ4n) is 3.25. The van der Waals surface area contributed by atoms with Gasteiger partial charge in [0.15, 0.2) is 0 Å². The van der Waals surface area contributed by atoms with Crippen LogP contribution in [0.15, 0.2) is 24.3 Å². The number of carbonyl (C=O) groups is 2. The first-order chi connectivity index (χ1) is 11.4. The topological polar surface area (TPSA) is 76.3 Å². The van der Waals surface area contributed by atoms with Crippen LogP contribution in [0.2, 0.25) is 0 Å². The number of primary amides is 1. The molecule has 126 valence electrons. The van der Waals surface area contributed by atoms with Crippen LogP contribution in [0, 0.1) is 18.7 Å². The highest BCUT2D eigenvalue weighted by Gasteiger charge is 2.25. The van der Waals surface area contributed by atoms with E-state index in [4.69, 9.17) is 5.73 Å². The maximum absolute atomic E-state index is 13.3. The van der Waals surface area contributed by atoms with Crippen LogP contribution in [0.25, 0.3) is 10.9 Å². The number of amides is 2. The van der Waals surface area contributed by atoms with E-state index in [1.54, 1.807) is 24.0 Å². The highest BCUT2D eigenvalue weighted by molar-refractivity contribution is 5.98. The highest BCUT2D eigenvalue weighted by atomic mass is 19.1. The van der Waals surface area contributed by atoms with Crippen molar-refractivity contribution in [3.05, 3.63) is 41.3 Å². The summed E-state index contributed by atoms with van der Waals surface area (Å²) in [7, 11) is 0. The fourth-order valence-corrected chi connectivity index (χ4v) is 3.25. The maximum Gasteiger partial charge on any atom is 0.255 e. The lowest BCUT2D eigenvalue weighted by Crippen LogP contribution is -2.39. The smallest absolute Gasteiger partial charge is 0.255 e. The summed E-state index contributed by atoms with van der Waals surface area (Å²) in [5.41, 5.74) is 6.92. The van der Waals surface area contributed by atoms with Gasteiger partial charge in [0.2, 0.25) is 5.91 Å². The second kappa shape index (κ2) is 6.55. The van der Waals surface area contributed by atoms with Gasteiger partial charge in [-0.3, -0.25) is 14.6 Å². The molecule has 0 aliphatic carbocycles. The second-order valence-corrected chi connectivity index (χ2v) is 6.36. The number of benzene rings is 1. The van der Waals surface area contributed by atoms with Gasteiger partial charge in [-0.05, 0) is 43.9 Å². The molecule has 1 aromatic carbocycles. The Morgan fingerprint density at radius 3 is 2.67 bits per heavy atom. The van der Waals surface area contributed by atoms with Crippen LogP contribution in [0.3, 0.4) is 0 Å². The Bertz CT molecular complexity index is 798. The number of likely N-dealkylation sites (tertiary alicyclic amines) is 1. The molecule has 1 fully saturated rings. The lowest BCUT2D eigenvalue weighted by atomic mass is 9.93. The lowest BCUT2D eigenvalue weighted by molar-refractivity contribution is -0.119. The number of rotatable bonds is 3. The van der Waals surface area contributed by atoms with Gasteiger partial charge in [-0.2, -0.15) is 0 Å². The molecule has 6 heteroatoms. The number of nitrogens with zero attached hydrogens (tertiary/aromatic N) is 2. The zero-order chi connectivity index (χ0) is 17.3. The summed E-state index contributed by atoms with van der Waals surface area (Å²) in [6, 6.07) is 6.14. The molecule has 0 saturated carbocycles. The van der Waals surface area contributed by atoms with Crippen molar-refractivity contribution in [1.29, 1.82) is 0 Å². The van der Waals surface area contributed by atoms with Crippen LogP contribution in [0.5, 0.6) is 0 Å². The van der Waals surface area contributed by atoms with E-state index < -0.39 is 0 Å². The summed E-state index contributed by atoms with van der Waals surface area (Å²) in [5, 5.41) is 0.744.